The van der Waals surface area contributed by atoms with E-state index in [0.29, 0.717) is 6.07 Å². The van der Waals surface area contributed by atoms with E-state index in [4.69, 9.17) is 16.3 Å². The molecule has 0 unspecified atom stereocenters. The largest absolute Gasteiger partial charge is 0.452 e. The molecule has 0 aliphatic carbocycles. The van der Waals surface area contributed by atoms with Crippen LogP contribution in [0.2, 0.25) is 5.02 Å². The Morgan fingerprint density at radius 3 is 2.43 bits per heavy atom. The zero-order valence-electron chi connectivity index (χ0n) is 14.2. The number of halogens is 4. The van der Waals surface area contributed by atoms with Crippen LogP contribution in [0.1, 0.15) is 15.9 Å². The number of amides is 1. The molecule has 11 heteroatoms. The van der Waals surface area contributed by atoms with E-state index in [2.05, 4.69) is 0 Å². The van der Waals surface area contributed by atoms with Gasteiger partial charge in [-0.3, -0.25) is 4.79 Å². The first-order valence-electron chi connectivity index (χ1n) is 7.52. The van der Waals surface area contributed by atoms with Crippen LogP contribution in [-0.2, 0) is 25.5 Å². The lowest BCUT2D eigenvalue weighted by Crippen LogP contribution is -2.22. The van der Waals surface area contributed by atoms with Crippen molar-refractivity contribution in [2.45, 2.75) is 11.1 Å². The summed E-state index contributed by atoms with van der Waals surface area (Å²) in [6.07, 6.45) is -3.80. The quantitative estimate of drug-likeness (QED) is 0.725. The van der Waals surface area contributed by atoms with Crippen LogP contribution >= 0.6 is 11.6 Å². The summed E-state index contributed by atoms with van der Waals surface area (Å²) < 4.78 is 66.7. The second kappa shape index (κ2) is 8.19. The van der Waals surface area contributed by atoms with Crippen molar-refractivity contribution in [2.24, 2.45) is 0 Å². The highest BCUT2D eigenvalue weighted by Crippen LogP contribution is 2.36. The van der Waals surface area contributed by atoms with Gasteiger partial charge in [-0.25, -0.2) is 13.2 Å². The molecule has 1 amide bonds. The van der Waals surface area contributed by atoms with Crippen molar-refractivity contribution in [3.05, 3.63) is 58.6 Å². The number of anilines is 1. The smallest absolute Gasteiger partial charge is 0.418 e. The highest BCUT2D eigenvalue weighted by Gasteiger charge is 2.34. The van der Waals surface area contributed by atoms with Crippen molar-refractivity contribution in [3.8, 4) is 0 Å². The van der Waals surface area contributed by atoms with E-state index in [1.165, 1.54) is 18.2 Å². The van der Waals surface area contributed by atoms with Crippen LogP contribution in [0.5, 0.6) is 0 Å². The number of sulfone groups is 1. The third-order valence-electron chi connectivity index (χ3n) is 3.39. The molecule has 2 aromatic rings. The minimum atomic E-state index is -4.75. The molecule has 0 saturated heterocycles. The van der Waals surface area contributed by atoms with E-state index < -0.39 is 45.7 Å². The molecule has 0 heterocycles. The molecular formula is C17H13ClF3NO5S. The molecule has 1 N–H and O–H groups in total. The summed E-state index contributed by atoms with van der Waals surface area (Å²) >= 11 is 5.55. The number of hydrogen-bond donors (Lipinski definition) is 1. The predicted molar refractivity (Wildman–Crippen MR) is 94.9 cm³/mol. The van der Waals surface area contributed by atoms with Gasteiger partial charge in [-0.05, 0) is 36.4 Å². The van der Waals surface area contributed by atoms with Crippen LogP contribution < -0.4 is 5.32 Å². The van der Waals surface area contributed by atoms with E-state index in [1.807, 2.05) is 5.32 Å². The molecule has 0 aliphatic rings. The second-order valence-corrected chi connectivity index (χ2v) is 8.06. The van der Waals surface area contributed by atoms with E-state index >= 15 is 0 Å². The first-order chi connectivity index (χ1) is 12.9. The van der Waals surface area contributed by atoms with Gasteiger partial charge in [0.1, 0.15) is 0 Å². The van der Waals surface area contributed by atoms with Gasteiger partial charge in [0.2, 0.25) is 0 Å². The molecule has 150 valence electrons. The summed E-state index contributed by atoms with van der Waals surface area (Å²) in [5, 5.41) is 1.83. The maximum absolute atomic E-state index is 13.0. The zero-order valence-corrected chi connectivity index (χ0v) is 15.8. The molecule has 0 saturated carbocycles. The van der Waals surface area contributed by atoms with E-state index in [-0.39, 0.29) is 15.5 Å². The van der Waals surface area contributed by atoms with Crippen LogP contribution in [0.25, 0.3) is 0 Å². The molecule has 0 fully saturated rings. The van der Waals surface area contributed by atoms with Gasteiger partial charge in [0, 0.05) is 11.3 Å². The highest BCUT2D eigenvalue weighted by molar-refractivity contribution is 7.90. The average molecular weight is 436 g/mol. The Balaban J connectivity index is 2.07. The SMILES string of the molecule is CS(=O)(=O)c1cccc(C(=O)OCC(=O)Nc2ccc(Cl)cc2C(F)(F)F)c1. The maximum atomic E-state index is 13.0. The first kappa shape index (κ1) is 21.7. The summed E-state index contributed by atoms with van der Waals surface area (Å²) in [5.74, 6) is -2.02. The molecule has 0 aromatic heterocycles. The van der Waals surface area contributed by atoms with Gasteiger partial charge in [-0.2, -0.15) is 13.2 Å². The molecule has 0 aliphatic heterocycles. The van der Waals surface area contributed by atoms with E-state index in [0.717, 1.165) is 24.5 Å². The molecule has 0 atom stereocenters. The summed E-state index contributed by atoms with van der Waals surface area (Å²) in [6, 6.07) is 7.72. The standard InChI is InChI=1S/C17H13ClF3NO5S/c1-28(25,26)12-4-2-3-10(7-12)16(24)27-9-15(23)22-14-6-5-11(18)8-13(14)17(19,20)21/h2-8H,9H2,1H3,(H,22,23). The lowest BCUT2D eigenvalue weighted by Gasteiger charge is -2.14. The summed E-state index contributed by atoms with van der Waals surface area (Å²) in [4.78, 5) is 23.7. The number of rotatable bonds is 5. The fourth-order valence-corrected chi connectivity index (χ4v) is 2.95. The van der Waals surface area contributed by atoms with Crippen LogP contribution in [-0.4, -0.2) is 33.2 Å². The van der Waals surface area contributed by atoms with Crippen LogP contribution in [0.15, 0.2) is 47.4 Å². The number of alkyl halides is 3. The minimum absolute atomic E-state index is 0.123. The normalized spacial score (nSPS) is 11.8. The molecule has 2 rings (SSSR count). The number of carbonyl (C=O) groups excluding carboxylic acids is 2. The van der Waals surface area contributed by atoms with Crippen molar-refractivity contribution >= 4 is 39.0 Å². The van der Waals surface area contributed by atoms with Crippen molar-refractivity contribution in [3.63, 3.8) is 0 Å². The molecule has 6 nitrogen and oxygen atoms in total. The molecule has 0 radical (unpaired) electrons. The number of carbonyl (C=O) groups is 2. The molecule has 0 bridgehead atoms. The van der Waals surface area contributed by atoms with E-state index in [9.17, 15) is 31.2 Å². The van der Waals surface area contributed by atoms with Crippen LogP contribution in [0.3, 0.4) is 0 Å². The highest BCUT2D eigenvalue weighted by atomic mass is 35.5. The fourth-order valence-electron chi connectivity index (χ4n) is 2.11. The Labute approximate surface area is 163 Å². The Morgan fingerprint density at radius 2 is 1.82 bits per heavy atom. The minimum Gasteiger partial charge on any atom is -0.452 e. The first-order valence-corrected chi connectivity index (χ1v) is 9.79. The lowest BCUT2D eigenvalue weighted by molar-refractivity contribution is -0.137. The van der Waals surface area contributed by atoms with Gasteiger partial charge in [0.25, 0.3) is 5.91 Å². The third kappa shape index (κ3) is 5.70. The van der Waals surface area contributed by atoms with Gasteiger partial charge < -0.3 is 10.1 Å². The zero-order chi connectivity index (χ0) is 21.1. The molecule has 2 aromatic carbocycles. The Morgan fingerprint density at radius 1 is 1.14 bits per heavy atom. The number of esters is 1. The Kier molecular flexibility index (Phi) is 6.35. The number of ether oxygens (including phenoxy) is 1. The molecular weight excluding hydrogens is 423 g/mol. The van der Waals surface area contributed by atoms with Gasteiger partial charge in [-0.1, -0.05) is 17.7 Å². The topological polar surface area (TPSA) is 89.5 Å². The van der Waals surface area contributed by atoms with Gasteiger partial charge in [0.05, 0.1) is 21.7 Å². The molecule has 28 heavy (non-hydrogen) atoms. The van der Waals surface area contributed by atoms with Crippen LogP contribution in [0, 0.1) is 0 Å². The van der Waals surface area contributed by atoms with Gasteiger partial charge in [0.15, 0.2) is 16.4 Å². The summed E-state index contributed by atoms with van der Waals surface area (Å²) in [6.45, 7) is -0.873. The third-order valence-corrected chi connectivity index (χ3v) is 4.74. The van der Waals surface area contributed by atoms with Crippen molar-refractivity contribution < 1.29 is 35.9 Å². The predicted octanol–water partition coefficient (Wildman–Crippen LogP) is 3.56. The average Bonchev–Trinajstić information content (AvgIpc) is 2.59. The maximum Gasteiger partial charge on any atom is 0.418 e. The number of hydrogen-bond acceptors (Lipinski definition) is 5. The summed E-state index contributed by atoms with van der Waals surface area (Å²) in [7, 11) is -3.56. The van der Waals surface area contributed by atoms with Gasteiger partial charge in [-0.15, -0.1) is 0 Å². The monoisotopic (exact) mass is 435 g/mol. The van der Waals surface area contributed by atoms with Crippen molar-refractivity contribution in [1.29, 1.82) is 0 Å². The van der Waals surface area contributed by atoms with Gasteiger partial charge >= 0.3 is 12.1 Å². The fraction of sp³-hybridized carbons (Fsp3) is 0.176. The van der Waals surface area contributed by atoms with E-state index in [1.54, 1.807) is 0 Å². The van der Waals surface area contributed by atoms with Crippen molar-refractivity contribution in [1.82, 2.24) is 0 Å². The van der Waals surface area contributed by atoms with Crippen LogP contribution in [0.4, 0.5) is 18.9 Å². The second-order valence-electron chi connectivity index (χ2n) is 5.61. The van der Waals surface area contributed by atoms with Crippen molar-refractivity contribution in [2.75, 3.05) is 18.2 Å². The number of nitrogens with one attached hydrogen (secondary N) is 1. The Bertz CT molecular complexity index is 1020. The Hall–Kier alpha value is -2.59. The number of benzene rings is 2. The lowest BCUT2D eigenvalue weighted by atomic mass is 10.1. The molecule has 0 spiro atoms. The summed E-state index contributed by atoms with van der Waals surface area (Å²) in [5.41, 5.74) is -1.82.